The summed E-state index contributed by atoms with van der Waals surface area (Å²) in [4.78, 5) is 39.3. The van der Waals surface area contributed by atoms with Crippen LogP contribution in [-0.4, -0.2) is 29.5 Å². The summed E-state index contributed by atoms with van der Waals surface area (Å²) < 4.78 is 7.03. The third-order valence-corrected chi connectivity index (χ3v) is 5.14. The highest BCUT2D eigenvalue weighted by Crippen LogP contribution is 2.26. The number of methoxy groups -OCH3 is 1. The fraction of sp³-hybridized carbons (Fsp3) is 0.125. The smallest absolute Gasteiger partial charge is 0.335 e. The van der Waals surface area contributed by atoms with Gasteiger partial charge in [0.05, 0.1) is 12.8 Å². The van der Waals surface area contributed by atoms with Gasteiger partial charge in [-0.2, -0.15) is 0 Å². The number of nitrogens with one attached hydrogen (secondary N) is 1. The Morgan fingerprint density at radius 2 is 1.71 bits per heavy atom. The van der Waals surface area contributed by atoms with Gasteiger partial charge in [0, 0.05) is 17.6 Å². The number of amides is 4. The maximum atomic E-state index is 13.2. The van der Waals surface area contributed by atoms with Crippen LogP contribution in [0.1, 0.15) is 18.2 Å². The normalized spacial score (nSPS) is 15.4. The summed E-state index contributed by atoms with van der Waals surface area (Å²) in [6.07, 6.45) is 3.96. The molecule has 0 unspecified atom stereocenters. The number of hydrogen-bond acceptors (Lipinski definition) is 4. The number of rotatable bonds is 5. The fourth-order valence-corrected chi connectivity index (χ4v) is 3.54. The predicted molar refractivity (Wildman–Crippen MR) is 117 cm³/mol. The molecule has 1 N–H and O–H groups in total. The summed E-state index contributed by atoms with van der Waals surface area (Å²) in [5, 5.41) is 2.28. The number of para-hydroxylation sites is 1. The van der Waals surface area contributed by atoms with E-state index in [4.69, 9.17) is 4.74 Å². The first-order valence-electron chi connectivity index (χ1n) is 9.84. The van der Waals surface area contributed by atoms with Crippen molar-refractivity contribution in [3.63, 3.8) is 0 Å². The summed E-state index contributed by atoms with van der Waals surface area (Å²) in [7, 11) is 1.59. The number of carbonyl (C=O) groups is 3. The van der Waals surface area contributed by atoms with Crippen molar-refractivity contribution in [1.82, 2.24) is 9.88 Å². The number of carbonyl (C=O) groups excluding carboxylic acids is 3. The van der Waals surface area contributed by atoms with E-state index in [0.29, 0.717) is 17.8 Å². The van der Waals surface area contributed by atoms with Crippen molar-refractivity contribution < 1.29 is 19.1 Å². The summed E-state index contributed by atoms with van der Waals surface area (Å²) in [6.45, 7) is 1.94. The van der Waals surface area contributed by atoms with Gasteiger partial charge in [-0.25, -0.2) is 9.69 Å². The minimum Gasteiger partial charge on any atom is -0.497 e. The highest BCUT2D eigenvalue weighted by molar-refractivity contribution is 6.39. The molecule has 2 aromatic carbocycles. The summed E-state index contributed by atoms with van der Waals surface area (Å²) in [6, 6.07) is 17.4. The zero-order chi connectivity index (χ0) is 22.0. The number of barbiturate groups is 1. The summed E-state index contributed by atoms with van der Waals surface area (Å²) in [5.74, 6) is -0.652. The van der Waals surface area contributed by atoms with E-state index in [1.807, 2.05) is 60.2 Å². The zero-order valence-electron chi connectivity index (χ0n) is 17.2. The Kier molecular flexibility index (Phi) is 5.41. The van der Waals surface area contributed by atoms with Crippen LogP contribution in [-0.2, 0) is 16.0 Å². The van der Waals surface area contributed by atoms with Crippen molar-refractivity contribution in [1.29, 1.82) is 0 Å². The highest BCUT2D eigenvalue weighted by Gasteiger charge is 2.37. The van der Waals surface area contributed by atoms with Gasteiger partial charge < -0.3 is 9.30 Å². The second kappa shape index (κ2) is 8.31. The minimum atomic E-state index is -0.751. The molecule has 0 radical (unpaired) electrons. The van der Waals surface area contributed by atoms with E-state index in [-0.39, 0.29) is 5.57 Å². The Morgan fingerprint density at radius 1 is 0.968 bits per heavy atom. The van der Waals surface area contributed by atoms with Crippen LogP contribution in [0.15, 0.2) is 72.4 Å². The van der Waals surface area contributed by atoms with Crippen LogP contribution in [0.2, 0.25) is 0 Å². The van der Waals surface area contributed by atoms with Crippen molar-refractivity contribution in [3.8, 4) is 11.4 Å². The van der Waals surface area contributed by atoms with Crippen molar-refractivity contribution in [2.45, 2.75) is 13.3 Å². The number of urea groups is 1. The predicted octanol–water partition coefficient (Wildman–Crippen LogP) is 3.71. The SMILES string of the molecule is CCc1ccccc1N1C(=O)NC(=O)/C(=C\c2cccn2-c2ccc(OC)cc2)C1=O. The van der Waals surface area contributed by atoms with Crippen molar-refractivity contribution >= 4 is 29.6 Å². The molecule has 1 aliphatic heterocycles. The molecule has 1 saturated heterocycles. The molecule has 156 valence electrons. The van der Waals surface area contributed by atoms with Crippen LogP contribution in [0.4, 0.5) is 10.5 Å². The van der Waals surface area contributed by atoms with Crippen LogP contribution in [0.3, 0.4) is 0 Å². The summed E-state index contributed by atoms with van der Waals surface area (Å²) in [5.41, 5.74) is 2.66. The molecule has 2 heterocycles. The standard InChI is InChI=1S/C24H21N3O4/c1-3-16-7-4-5-9-21(16)27-23(29)20(22(28)25-24(27)30)15-18-8-6-14-26(18)17-10-12-19(31-2)13-11-17/h4-15H,3H2,1-2H3,(H,25,28,30)/b20-15+. The molecule has 0 atom stereocenters. The number of hydrogen-bond donors (Lipinski definition) is 1. The molecule has 0 bridgehead atoms. The molecule has 4 rings (SSSR count). The van der Waals surface area contributed by atoms with Crippen LogP contribution in [0.5, 0.6) is 5.75 Å². The Balaban J connectivity index is 1.74. The second-order valence-corrected chi connectivity index (χ2v) is 6.94. The van der Waals surface area contributed by atoms with Gasteiger partial charge in [-0.15, -0.1) is 0 Å². The molecule has 0 spiro atoms. The molecule has 1 aromatic heterocycles. The van der Waals surface area contributed by atoms with Gasteiger partial charge in [0.15, 0.2) is 0 Å². The number of benzene rings is 2. The lowest BCUT2D eigenvalue weighted by molar-refractivity contribution is -0.122. The summed E-state index contributed by atoms with van der Waals surface area (Å²) >= 11 is 0. The van der Waals surface area contributed by atoms with E-state index >= 15 is 0 Å². The number of aromatic nitrogens is 1. The maximum absolute atomic E-state index is 13.2. The Hall–Kier alpha value is -4.13. The van der Waals surface area contributed by atoms with Crippen LogP contribution < -0.4 is 15.0 Å². The number of anilines is 1. The first-order chi connectivity index (χ1) is 15.0. The van der Waals surface area contributed by atoms with Crippen molar-refractivity contribution in [2.24, 2.45) is 0 Å². The third-order valence-electron chi connectivity index (χ3n) is 5.14. The van der Waals surface area contributed by atoms with Gasteiger partial charge in [0.25, 0.3) is 11.8 Å². The monoisotopic (exact) mass is 415 g/mol. The quantitative estimate of drug-likeness (QED) is 0.509. The van der Waals surface area contributed by atoms with Gasteiger partial charge in [0.2, 0.25) is 0 Å². The maximum Gasteiger partial charge on any atom is 0.335 e. The zero-order valence-corrected chi connectivity index (χ0v) is 17.2. The molecule has 7 nitrogen and oxygen atoms in total. The number of aryl methyl sites for hydroxylation is 1. The number of ether oxygens (including phenoxy) is 1. The molecular formula is C24H21N3O4. The van der Waals surface area contributed by atoms with E-state index in [9.17, 15) is 14.4 Å². The second-order valence-electron chi connectivity index (χ2n) is 6.94. The van der Waals surface area contributed by atoms with Crippen molar-refractivity contribution in [2.75, 3.05) is 12.0 Å². The molecule has 1 aliphatic rings. The Bertz CT molecular complexity index is 1190. The molecule has 3 aromatic rings. The van der Waals surface area contributed by atoms with Gasteiger partial charge >= 0.3 is 6.03 Å². The topological polar surface area (TPSA) is 80.6 Å². The van der Waals surface area contributed by atoms with Crippen molar-refractivity contribution in [3.05, 3.63) is 83.7 Å². The Morgan fingerprint density at radius 3 is 2.42 bits per heavy atom. The van der Waals surface area contributed by atoms with E-state index in [1.54, 1.807) is 25.3 Å². The largest absolute Gasteiger partial charge is 0.497 e. The van der Waals surface area contributed by atoms with Gasteiger partial charge in [-0.1, -0.05) is 25.1 Å². The molecular weight excluding hydrogens is 394 g/mol. The lowest BCUT2D eigenvalue weighted by Gasteiger charge is -2.28. The van der Waals surface area contributed by atoms with E-state index in [1.165, 1.54) is 6.08 Å². The molecule has 0 saturated carbocycles. The van der Waals surface area contributed by atoms with Crippen LogP contribution >= 0.6 is 0 Å². The molecule has 0 aliphatic carbocycles. The van der Waals surface area contributed by atoms with Gasteiger partial charge in [-0.05, 0) is 60.5 Å². The molecule has 4 amide bonds. The van der Waals surface area contributed by atoms with Crippen LogP contribution in [0.25, 0.3) is 11.8 Å². The lowest BCUT2D eigenvalue weighted by Crippen LogP contribution is -2.54. The minimum absolute atomic E-state index is 0.112. The number of imide groups is 2. The lowest BCUT2D eigenvalue weighted by atomic mass is 10.1. The number of nitrogens with zero attached hydrogens (tertiary/aromatic N) is 2. The molecule has 31 heavy (non-hydrogen) atoms. The average Bonchev–Trinajstić information content (AvgIpc) is 3.25. The van der Waals surface area contributed by atoms with Gasteiger partial charge in [-0.3, -0.25) is 14.9 Å². The first kappa shape index (κ1) is 20.2. The van der Waals surface area contributed by atoms with E-state index in [0.717, 1.165) is 21.9 Å². The molecule has 7 heteroatoms. The first-order valence-corrected chi connectivity index (χ1v) is 9.84. The highest BCUT2D eigenvalue weighted by atomic mass is 16.5. The van der Waals surface area contributed by atoms with Gasteiger partial charge in [0.1, 0.15) is 11.3 Å². The third kappa shape index (κ3) is 3.73. The molecule has 1 fully saturated rings. The Labute approximate surface area is 179 Å². The van der Waals surface area contributed by atoms with E-state index in [2.05, 4.69) is 5.32 Å². The van der Waals surface area contributed by atoms with Crippen LogP contribution in [0, 0.1) is 0 Å². The fourth-order valence-electron chi connectivity index (χ4n) is 3.54. The van der Waals surface area contributed by atoms with E-state index < -0.39 is 17.8 Å². The average molecular weight is 415 g/mol.